The van der Waals surface area contributed by atoms with Crippen LogP contribution in [0, 0.1) is 19.7 Å². The van der Waals surface area contributed by atoms with Gasteiger partial charge in [-0.15, -0.1) is 0 Å². The van der Waals surface area contributed by atoms with E-state index in [1.54, 1.807) is 12.1 Å². The Labute approximate surface area is 175 Å². The van der Waals surface area contributed by atoms with E-state index in [4.69, 9.17) is 0 Å². The molecule has 1 saturated heterocycles. The molecule has 0 bridgehead atoms. The number of halogens is 1. The normalized spacial score (nSPS) is 14.0. The number of piperazine rings is 1. The molecule has 0 unspecified atom stereocenters. The van der Waals surface area contributed by atoms with Gasteiger partial charge in [0.15, 0.2) is 0 Å². The van der Waals surface area contributed by atoms with E-state index in [1.165, 1.54) is 18.5 Å². The molecule has 1 aliphatic rings. The summed E-state index contributed by atoms with van der Waals surface area (Å²) in [5.41, 5.74) is 4.65. The lowest BCUT2D eigenvalue weighted by Gasteiger charge is -2.35. The molecule has 6 nitrogen and oxygen atoms in total. The summed E-state index contributed by atoms with van der Waals surface area (Å²) in [6.07, 6.45) is 1.52. The summed E-state index contributed by atoms with van der Waals surface area (Å²) in [6.45, 7) is 6.60. The minimum absolute atomic E-state index is 0.0886. The third-order valence-corrected chi connectivity index (χ3v) is 5.16. The predicted molar refractivity (Wildman–Crippen MR) is 116 cm³/mol. The molecule has 2 amide bonds. The number of aromatic nitrogens is 2. The van der Waals surface area contributed by atoms with Crippen LogP contribution in [-0.4, -0.2) is 47.1 Å². The molecule has 2 heterocycles. The molecule has 1 fully saturated rings. The van der Waals surface area contributed by atoms with Crippen molar-refractivity contribution in [2.45, 2.75) is 13.8 Å². The molecule has 0 atom stereocenters. The Hall–Kier alpha value is -3.48. The van der Waals surface area contributed by atoms with Gasteiger partial charge in [0.25, 0.3) is 0 Å². The maximum atomic E-state index is 13.2. The third-order valence-electron chi connectivity index (χ3n) is 5.16. The number of anilines is 2. The van der Waals surface area contributed by atoms with Crippen molar-refractivity contribution in [3.05, 3.63) is 71.8 Å². The maximum absolute atomic E-state index is 13.2. The van der Waals surface area contributed by atoms with E-state index in [2.05, 4.69) is 26.3 Å². The number of carbonyl (C=O) groups is 1. The first kappa shape index (κ1) is 19.8. The summed E-state index contributed by atoms with van der Waals surface area (Å²) in [5.74, 6) is 0.530. The fraction of sp³-hybridized carbons (Fsp3) is 0.261. The molecule has 1 aromatic heterocycles. The fourth-order valence-electron chi connectivity index (χ4n) is 3.69. The number of hydrogen-bond acceptors (Lipinski definition) is 4. The zero-order valence-electron chi connectivity index (χ0n) is 17.1. The minimum atomic E-state index is -0.275. The van der Waals surface area contributed by atoms with Crippen molar-refractivity contribution in [3.63, 3.8) is 0 Å². The Morgan fingerprint density at radius 3 is 2.27 bits per heavy atom. The van der Waals surface area contributed by atoms with Crippen molar-refractivity contribution < 1.29 is 9.18 Å². The lowest BCUT2D eigenvalue weighted by Crippen LogP contribution is -2.50. The van der Waals surface area contributed by atoms with Gasteiger partial charge in [0.2, 0.25) is 0 Å². The third kappa shape index (κ3) is 4.56. The summed E-state index contributed by atoms with van der Waals surface area (Å²) in [7, 11) is 0. The van der Waals surface area contributed by atoms with Crippen molar-refractivity contribution >= 4 is 17.5 Å². The molecular formula is C23H24FN5O. The standard InChI is InChI=1S/C23H24FN5O/c1-16-11-17(2)13-20(12-16)27-23(30)29-9-7-28(8-10-29)22-14-21(25-15-26-22)18-3-5-19(24)6-4-18/h3-6,11-15H,7-10H2,1-2H3,(H,27,30). The highest BCUT2D eigenvalue weighted by Gasteiger charge is 2.22. The first-order valence-corrected chi connectivity index (χ1v) is 9.95. The van der Waals surface area contributed by atoms with Crippen LogP contribution in [0.15, 0.2) is 54.9 Å². The lowest BCUT2D eigenvalue weighted by molar-refractivity contribution is 0.208. The lowest BCUT2D eigenvalue weighted by atomic mass is 10.1. The van der Waals surface area contributed by atoms with Crippen LogP contribution >= 0.6 is 0 Å². The quantitative estimate of drug-likeness (QED) is 0.708. The van der Waals surface area contributed by atoms with E-state index in [-0.39, 0.29) is 11.8 Å². The predicted octanol–water partition coefficient (Wildman–Crippen LogP) is 4.25. The number of urea groups is 1. The molecule has 30 heavy (non-hydrogen) atoms. The van der Waals surface area contributed by atoms with Gasteiger partial charge in [-0.05, 0) is 61.4 Å². The zero-order chi connectivity index (χ0) is 21.1. The van der Waals surface area contributed by atoms with E-state index in [9.17, 15) is 9.18 Å². The van der Waals surface area contributed by atoms with Crippen molar-refractivity contribution in [1.29, 1.82) is 0 Å². The van der Waals surface area contributed by atoms with Crippen molar-refractivity contribution in [2.24, 2.45) is 0 Å². The minimum Gasteiger partial charge on any atom is -0.353 e. The average Bonchev–Trinajstić information content (AvgIpc) is 2.74. The average molecular weight is 405 g/mol. The Bertz CT molecular complexity index is 1030. The molecule has 0 spiro atoms. The van der Waals surface area contributed by atoms with Crippen LogP contribution in [0.4, 0.5) is 20.7 Å². The molecule has 1 aliphatic heterocycles. The summed E-state index contributed by atoms with van der Waals surface area (Å²) >= 11 is 0. The van der Waals surface area contributed by atoms with Gasteiger partial charge >= 0.3 is 6.03 Å². The van der Waals surface area contributed by atoms with Crippen LogP contribution in [0.3, 0.4) is 0 Å². The van der Waals surface area contributed by atoms with Gasteiger partial charge in [0.1, 0.15) is 18.0 Å². The number of benzene rings is 2. The molecular weight excluding hydrogens is 381 g/mol. The molecule has 3 aromatic rings. The van der Waals surface area contributed by atoms with Crippen LogP contribution in [0.25, 0.3) is 11.3 Å². The summed E-state index contributed by atoms with van der Waals surface area (Å²) in [4.78, 5) is 25.3. The Balaban J connectivity index is 1.39. The SMILES string of the molecule is Cc1cc(C)cc(NC(=O)N2CCN(c3cc(-c4ccc(F)cc4)ncn3)CC2)c1. The number of nitrogens with zero attached hydrogens (tertiary/aromatic N) is 4. The summed E-state index contributed by atoms with van der Waals surface area (Å²) < 4.78 is 13.2. The van der Waals surface area contributed by atoms with Crippen LogP contribution < -0.4 is 10.2 Å². The highest BCUT2D eigenvalue weighted by Crippen LogP contribution is 2.22. The smallest absolute Gasteiger partial charge is 0.321 e. The van der Waals surface area contributed by atoms with Crippen LogP contribution in [0.2, 0.25) is 0 Å². The number of rotatable bonds is 3. The summed E-state index contributed by atoms with van der Waals surface area (Å²) in [6, 6.07) is 14.1. The van der Waals surface area contributed by atoms with E-state index < -0.39 is 0 Å². The van der Waals surface area contributed by atoms with Gasteiger partial charge in [0.05, 0.1) is 5.69 Å². The Morgan fingerprint density at radius 1 is 0.933 bits per heavy atom. The van der Waals surface area contributed by atoms with Gasteiger partial charge in [-0.3, -0.25) is 0 Å². The van der Waals surface area contributed by atoms with Crippen LogP contribution in [-0.2, 0) is 0 Å². The second-order valence-electron chi connectivity index (χ2n) is 7.55. The molecule has 2 aromatic carbocycles. The first-order chi connectivity index (χ1) is 14.5. The molecule has 0 aliphatic carbocycles. The molecule has 0 saturated carbocycles. The number of hydrogen-bond donors (Lipinski definition) is 1. The highest BCUT2D eigenvalue weighted by atomic mass is 19.1. The number of aryl methyl sites for hydroxylation is 2. The number of nitrogens with one attached hydrogen (secondary N) is 1. The van der Waals surface area contributed by atoms with Gasteiger partial charge in [-0.25, -0.2) is 19.2 Å². The van der Waals surface area contributed by atoms with Gasteiger partial charge < -0.3 is 15.1 Å². The van der Waals surface area contributed by atoms with E-state index in [0.717, 1.165) is 33.9 Å². The van der Waals surface area contributed by atoms with Gasteiger partial charge in [-0.2, -0.15) is 0 Å². The maximum Gasteiger partial charge on any atom is 0.321 e. The molecule has 0 radical (unpaired) electrons. The van der Waals surface area contributed by atoms with Crippen molar-refractivity contribution in [2.75, 3.05) is 36.4 Å². The first-order valence-electron chi connectivity index (χ1n) is 9.95. The Morgan fingerprint density at radius 2 is 1.60 bits per heavy atom. The van der Waals surface area contributed by atoms with Crippen molar-refractivity contribution in [1.82, 2.24) is 14.9 Å². The largest absolute Gasteiger partial charge is 0.353 e. The highest BCUT2D eigenvalue weighted by molar-refractivity contribution is 5.89. The van der Waals surface area contributed by atoms with E-state index >= 15 is 0 Å². The second-order valence-corrected chi connectivity index (χ2v) is 7.55. The second kappa shape index (κ2) is 8.49. The Kier molecular flexibility index (Phi) is 5.61. The van der Waals surface area contributed by atoms with Gasteiger partial charge in [0, 0.05) is 43.5 Å². The summed E-state index contributed by atoms with van der Waals surface area (Å²) in [5, 5.41) is 3.00. The van der Waals surface area contributed by atoms with Crippen LogP contribution in [0.1, 0.15) is 11.1 Å². The molecule has 4 rings (SSSR count). The van der Waals surface area contributed by atoms with E-state index in [0.29, 0.717) is 26.2 Å². The topological polar surface area (TPSA) is 61.4 Å². The number of carbonyl (C=O) groups excluding carboxylic acids is 1. The molecule has 1 N–H and O–H groups in total. The van der Waals surface area contributed by atoms with Crippen LogP contribution in [0.5, 0.6) is 0 Å². The fourth-order valence-corrected chi connectivity index (χ4v) is 3.69. The number of amides is 2. The monoisotopic (exact) mass is 405 g/mol. The van der Waals surface area contributed by atoms with Gasteiger partial charge in [-0.1, -0.05) is 6.07 Å². The van der Waals surface area contributed by atoms with Crippen molar-refractivity contribution in [3.8, 4) is 11.3 Å². The molecule has 154 valence electrons. The zero-order valence-corrected chi connectivity index (χ0v) is 17.1. The molecule has 7 heteroatoms. The van der Waals surface area contributed by atoms with E-state index in [1.807, 2.05) is 36.9 Å².